The van der Waals surface area contributed by atoms with Gasteiger partial charge in [-0.2, -0.15) is 0 Å². The van der Waals surface area contributed by atoms with Crippen molar-refractivity contribution in [3.63, 3.8) is 0 Å². The molecule has 1 fully saturated rings. The Bertz CT molecular complexity index is 1060. The van der Waals surface area contributed by atoms with Crippen LogP contribution in [0, 0.1) is 0 Å². The number of carbonyl (C=O) groups is 2. The van der Waals surface area contributed by atoms with Crippen LogP contribution < -0.4 is 15.0 Å². The Morgan fingerprint density at radius 1 is 0.939 bits per heavy atom. The van der Waals surface area contributed by atoms with E-state index in [0.717, 1.165) is 44.9 Å². The fourth-order valence-corrected chi connectivity index (χ4v) is 4.72. The van der Waals surface area contributed by atoms with Crippen molar-refractivity contribution < 1.29 is 14.3 Å². The number of thiophene rings is 1. The molecule has 6 nitrogen and oxygen atoms in total. The van der Waals surface area contributed by atoms with Gasteiger partial charge in [-0.25, -0.2) is 0 Å². The molecule has 0 aliphatic carbocycles. The molecule has 1 amide bonds. The molecule has 1 aliphatic rings. The molecule has 0 bridgehead atoms. The molecule has 7 heteroatoms. The Labute approximate surface area is 198 Å². The van der Waals surface area contributed by atoms with Crippen LogP contribution in [0.1, 0.15) is 32.0 Å². The van der Waals surface area contributed by atoms with Gasteiger partial charge in [0, 0.05) is 44.0 Å². The summed E-state index contributed by atoms with van der Waals surface area (Å²) in [6, 6.07) is 18.9. The van der Waals surface area contributed by atoms with E-state index in [1.165, 1.54) is 17.0 Å². The number of rotatable bonds is 9. The maximum absolute atomic E-state index is 12.7. The summed E-state index contributed by atoms with van der Waals surface area (Å²) in [6.07, 6.45) is 0.870. The van der Waals surface area contributed by atoms with Crippen LogP contribution in [0.3, 0.4) is 0 Å². The summed E-state index contributed by atoms with van der Waals surface area (Å²) in [5, 5.41) is 4.86. The van der Waals surface area contributed by atoms with Gasteiger partial charge in [0.2, 0.25) is 5.78 Å². The maximum atomic E-state index is 12.7. The lowest BCUT2D eigenvalue weighted by molar-refractivity contribution is 0.0940. The number of piperazine rings is 1. The third-order valence-corrected chi connectivity index (χ3v) is 6.78. The summed E-state index contributed by atoms with van der Waals surface area (Å²) < 4.78 is 5.24. The highest BCUT2D eigenvalue weighted by Gasteiger charge is 2.19. The molecule has 4 rings (SSSR count). The molecule has 0 unspecified atom stereocenters. The highest BCUT2D eigenvalue weighted by molar-refractivity contribution is 7.12. The zero-order chi connectivity index (χ0) is 23.0. The molecule has 1 N–H and O–H groups in total. The zero-order valence-electron chi connectivity index (χ0n) is 18.8. The predicted octanol–water partition coefficient (Wildman–Crippen LogP) is 3.93. The van der Waals surface area contributed by atoms with Crippen molar-refractivity contribution in [1.29, 1.82) is 0 Å². The third-order valence-electron chi connectivity index (χ3n) is 5.91. The van der Waals surface area contributed by atoms with Crippen LogP contribution in [0.2, 0.25) is 0 Å². The first-order valence-electron chi connectivity index (χ1n) is 11.2. The number of anilines is 1. The fourth-order valence-electron chi connectivity index (χ4n) is 4.04. The predicted molar refractivity (Wildman–Crippen MR) is 133 cm³/mol. The topological polar surface area (TPSA) is 61.9 Å². The van der Waals surface area contributed by atoms with E-state index in [-0.39, 0.29) is 11.7 Å². The van der Waals surface area contributed by atoms with Crippen molar-refractivity contribution in [1.82, 2.24) is 10.2 Å². The summed E-state index contributed by atoms with van der Waals surface area (Å²) in [4.78, 5) is 31.0. The third kappa shape index (κ3) is 5.80. The molecular formula is C26H29N3O3S. The fraction of sp³-hybridized carbons (Fsp3) is 0.308. The maximum Gasteiger partial charge on any atom is 0.252 e. The van der Waals surface area contributed by atoms with E-state index in [4.69, 9.17) is 4.74 Å². The van der Waals surface area contributed by atoms with Crippen LogP contribution in [0.15, 0.2) is 66.0 Å². The van der Waals surface area contributed by atoms with Crippen LogP contribution in [0.25, 0.3) is 0 Å². The lowest BCUT2D eigenvalue weighted by Gasteiger charge is -2.36. The molecule has 0 radical (unpaired) electrons. The molecule has 1 aliphatic heterocycles. The number of benzene rings is 2. The molecule has 0 atom stereocenters. The normalized spacial score (nSPS) is 14.2. The van der Waals surface area contributed by atoms with E-state index >= 15 is 0 Å². The largest absolute Gasteiger partial charge is 0.497 e. The SMILES string of the molecule is COc1ccc(N2CCN(CCCNC(=O)c3ccccc3C(=O)c3cccs3)CC2)cc1. The van der Waals surface area contributed by atoms with Crippen LogP contribution >= 0.6 is 11.3 Å². The minimum Gasteiger partial charge on any atom is -0.497 e. The first-order valence-corrected chi connectivity index (χ1v) is 12.1. The molecule has 2 heterocycles. The number of carbonyl (C=O) groups excluding carboxylic acids is 2. The lowest BCUT2D eigenvalue weighted by atomic mass is 10.0. The van der Waals surface area contributed by atoms with Crippen molar-refractivity contribution in [2.45, 2.75) is 6.42 Å². The van der Waals surface area contributed by atoms with E-state index in [1.54, 1.807) is 37.4 Å². The van der Waals surface area contributed by atoms with Crippen LogP contribution in [-0.2, 0) is 0 Å². The summed E-state index contributed by atoms with van der Waals surface area (Å²) in [6.45, 7) is 5.48. The van der Waals surface area contributed by atoms with Gasteiger partial charge in [-0.05, 0) is 54.7 Å². The molecule has 0 spiro atoms. The Kier molecular flexibility index (Phi) is 7.75. The van der Waals surface area contributed by atoms with E-state index < -0.39 is 0 Å². The number of ketones is 1. The Morgan fingerprint density at radius 3 is 2.33 bits per heavy atom. The number of nitrogens with zero attached hydrogens (tertiary/aromatic N) is 2. The summed E-state index contributed by atoms with van der Waals surface area (Å²) >= 11 is 1.39. The molecule has 33 heavy (non-hydrogen) atoms. The van der Waals surface area contributed by atoms with Crippen LogP contribution in [0.4, 0.5) is 5.69 Å². The van der Waals surface area contributed by atoms with E-state index in [0.29, 0.717) is 22.5 Å². The van der Waals surface area contributed by atoms with E-state index in [2.05, 4.69) is 27.2 Å². The van der Waals surface area contributed by atoms with Gasteiger partial charge in [-0.1, -0.05) is 24.3 Å². The van der Waals surface area contributed by atoms with Gasteiger partial charge < -0.3 is 15.0 Å². The Balaban J connectivity index is 1.22. The van der Waals surface area contributed by atoms with Crippen molar-refractivity contribution in [3.8, 4) is 5.75 Å². The quantitative estimate of drug-likeness (QED) is 0.385. The first kappa shape index (κ1) is 23.0. The number of nitrogens with one attached hydrogen (secondary N) is 1. The van der Waals surface area contributed by atoms with Gasteiger partial charge in [-0.3, -0.25) is 14.5 Å². The summed E-state index contributed by atoms with van der Waals surface area (Å²) in [7, 11) is 1.68. The van der Waals surface area contributed by atoms with Gasteiger partial charge >= 0.3 is 0 Å². The van der Waals surface area contributed by atoms with Gasteiger partial charge in [0.1, 0.15) is 5.75 Å². The molecule has 0 saturated carbocycles. The number of methoxy groups -OCH3 is 1. The Morgan fingerprint density at radius 2 is 1.67 bits per heavy atom. The van der Waals surface area contributed by atoms with Gasteiger partial charge in [-0.15, -0.1) is 11.3 Å². The first-order chi connectivity index (χ1) is 16.2. The molecular weight excluding hydrogens is 434 g/mol. The average Bonchev–Trinajstić information content (AvgIpc) is 3.42. The standard InChI is InChI=1S/C26H29N3O3S/c1-32-21-11-9-20(10-12-21)29-17-15-28(16-18-29)14-5-13-27-26(31)23-7-3-2-6-22(23)25(30)24-8-4-19-33-24/h2-4,6-12,19H,5,13-18H2,1H3,(H,27,31). The average molecular weight is 464 g/mol. The van der Waals surface area contributed by atoms with Crippen molar-refractivity contribution >= 4 is 28.7 Å². The highest BCUT2D eigenvalue weighted by atomic mass is 32.1. The monoisotopic (exact) mass is 463 g/mol. The Hall–Kier alpha value is -3.16. The van der Waals surface area contributed by atoms with E-state index in [9.17, 15) is 9.59 Å². The van der Waals surface area contributed by atoms with Crippen molar-refractivity contribution in [2.75, 3.05) is 51.3 Å². The molecule has 3 aromatic rings. The number of ether oxygens (including phenoxy) is 1. The smallest absolute Gasteiger partial charge is 0.252 e. The summed E-state index contributed by atoms with van der Waals surface area (Å²) in [5.74, 6) is 0.572. The van der Waals surface area contributed by atoms with Gasteiger partial charge in [0.25, 0.3) is 5.91 Å². The zero-order valence-corrected chi connectivity index (χ0v) is 19.6. The molecule has 172 valence electrons. The van der Waals surface area contributed by atoms with Crippen LogP contribution in [-0.4, -0.2) is 63.0 Å². The molecule has 1 saturated heterocycles. The second-order valence-corrected chi connectivity index (χ2v) is 8.94. The van der Waals surface area contributed by atoms with Crippen LogP contribution in [0.5, 0.6) is 5.75 Å². The number of hydrogen-bond donors (Lipinski definition) is 1. The molecule has 2 aromatic carbocycles. The second kappa shape index (κ2) is 11.1. The summed E-state index contributed by atoms with van der Waals surface area (Å²) in [5.41, 5.74) is 2.11. The van der Waals surface area contributed by atoms with Crippen molar-refractivity contribution in [3.05, 3.63) is 82.0 Å². The number of hydrogen-bond acceptors (Lipinski definition) is 6. The van der Waals surface area contributed by atoms with Gasteiger partial charge in [0.05, 0.1) is 17.6 Å². The van der Waals surface area contributed by atoms with Gasteiger partial charge in [0.15, 0.2) is 0 Å². The minimum atomic E-state index is -0.195. The van der Waals surface area contributed by atoms with E-state index in [1.807, 2.05) is 23.6 Å². The van der Waals surface area contributed by atoms with Crippen molar-refractivity contribution in [2.24, 2.45) is 0 Å². The highest BCUT2D eigenvalue weighted by Crippen LogP contribution is 2.21. The second-order valence-electron chi connectivity index (χ2n) is 7.99. The number of amides is 1. The molecule has 1 aromatic heterocycles. The minimum absolute atomic E-state index is 0.106. The lowest BCUT2D eigenvalue weighted by Crippen LogP contribution is -2.47.